The van der Waals surface area contributed by atoms with Gasteiger partial charge in [0, 0.05) is 19.3 Å². The first-order valence-corrected chi connectivity index (χ1v) is 32.0. The number of unbranched alkanes of at least 4 members (excludes halogenated alkanes) is 32. The molecule has 0 aromatic carbocycles. The summed E-state index contributed by atoms with van der Waals surface area (Å²) in [4.78, 5) is 48.6. The van der Waals surface area contributed by atoms with E-state index in [1.54, 1.807) is 0 Å². The number of hydrogen-bond donors (Lipinski definition) is 2. The minimum atomic E-state index is -4.75. The summed E-state index contributed by atoms with van der Waals surface area (Å²) in [5.74, 6) is -1.48. The van der Waals surface area contributed by atoms with Crippen molar-refractivity contribution in [2.75, 3.05) is 26.4 Å². The molecule has 0 fully saturated rings. The van der Waals surface area contributed by atoms with E-state index in [9.17, 15) is 28.9 Å². The van der Waals surface area contributed by atoms with Crippen LogP contribution in [0.2, 0.25) is 0 Å². The Morgan fingerprint density at radius 2 is 0.703 bits per heavy atom. The Hall–Kier alpha value is -2.56. The Kier molecular flexibility index (Phi) is 54.7. The van der Waals surface area contributed by atoms with Crippen LogP contribution in [0.1, 0.15) is 290 Å². The first kappa shape index (κ1) is 71.4. The summed E-state index contributed by atoms with van der Waals surface area (Å²) in [5.41, 5.74) is 0. The van der Waals surface area contributed by atoms with Gasteiger partial charge in [-0.3, -0.25) is 23.4 Å². The van der Waals surface area contributed by atoms with E-state index in [-0.39, 0.29) is 25.9 Å². The number of carbonyl (C=O) groups excluding carboxylic acids is 3. The van der Waals surface area contributed by atoms with Gasteiger partial charge >= 0.3 is 25.7 Å². The zero-order valence-corrected chi connectivity index (χ0v) is 48.7. The molecule has 0 aliphatic heterocycles. The number of aliphatic hydroxyl groups excluding tert-OH is 1. The molecular weight excluding hydrogens is 952 g/mol. The second-order valence-corrected chi connectivity index (χ2v) is 21.9. The maximum absolute atomic E-state index is 12.9. The number of aliphatic hydroxyl groups is 1. The molecule has 0 bridgehead atoms. The topological polar surface area (TPSA) is 155 Å². The fraction of sp³-hybridized carbons (Fsp3) is 0.823. The van der Waals surface area contributed by atoms with Crippen molar-refractivity contribution in [3.8, 4) is 0 Å². The molecule has 3 unspecified atom stereocenters. The highest BCUT2D eigenvalue weighted by Crippen LogP contribution is 2.43. The molecule has 0 saturated carbocycles. The second-order valence-electron chi connectivity index (χ2n) is 20.5. The molecule has 432 valence electrons. The number of esters is 3. The lowest BCUT2D eigenvalue weighted by Gasteiger charge is -2.21. The third kappa shape index (κ3) is 54.2. The van der Waals surface area contributed by atoms with Crippen molar-refractivity contribution in [2.45, 2.75) is 303 Å². The monoisotopic (exact) mass is 1060 g/mol. The van der Waals surface area contributed by atoms with Crippen molar-refractivity contribution >= 4 is 25.7 Å². The third-order valence-corrected chi connectivity index (χ3v) is 14.2. The quantitative estimate of drug-likeness (QED) is 0.0197. The lowest BCUT2D eigenvalue weighted by Crippen LogP contribution is -2.30. The van der Waals surface area contributed by atoms with E-state index in [1.165, 1.54) is 122 Å². The maximum atomic E-state index is 12.9. The molecule has 0 aromatic heterocycles. The van der Waals surface area contributed by atoms with Crippen LogP contribution in [0.5, 0.6) is 0 Å². The van der Waals surface area contributed by atoms with E-state index in [0.717, 1.165) is 109 Å². The molecule has 0 saturated heterocycles. The molecule has 0 rings (SSSR count). The molecule has 0 radical (unpaired) electrons. The van der Waals surface area contributed by atoms with Gasteiger partial charge in [0.1, 0.15) is 12.7 Å². The number of ether oxygens (including phenoxy) is 3. The first-order chi connectivity index (χ1) is 36.2. The second kappa shape index (κ2) is 56.6. The minimum absolute atomic E-state index is 0.150. The highest BCUT2D eigenvalue weighted by Gasteiger charge is 2.28. The van der Waals surface area contributed by atoms with Gasteiger partial charge in [-0.1, -0.05) is 243 Å². The molecule has 0 spiro atoms. The fourth-order valence-electron chi connectivity index (χ4n) is 8.60. The zero-order chi connectivity index (χ0) is 54.1. The Labute approximate surface area is 453 Å². The highest BCUT2D eigenvalue weighted by atomic mass is 31.2. The minimum Gasteiger partial charge on any atom is -0.462 e. The number of rotatable bonds is 57. The zero-order valence-electron chi connectivity index (χ0n) is 47.8. The molecule has 0 aliphatic carbocycles. The molecule has 0 amide bonds. The van der Waals surface area contributed by atoms with Crippen LogP contribution < -0.4 is 0 Å². The van der Waals surface area contributed by atoms with Crippen molar-refractivity contribution in [3.05, 3.63) is 48.6 Å². The van der Waals surface area contributed by atoms with Crippen LogP contribution in [0, 0.1) is 0 Å². The number of allylic oxidation sites excluding steroid dienone is 8. The van der Waals surface area contributed by atoms with E-state index in [1.807, 2.05) is 0 Å². The lowest BCUT2D eigenvalue weighted by atomic mass is 10.0. The molecule has 0 heterocycles. The average molecular weight is 1070 g/mol. The SMILES string of the molecule is CC/C=C\C/C=C\C/C=C\CCCCCCCC(=O)OC(COC(=O)CCCCCCCCCCCCCCCCCCCCC)COP(=O)(O)OCC(CO)OC(=O)CCCCCCC/C=C\CCCCCC. The number of carbonyl (C=O) groups is 3. The van der Waals surface area contributed by atoms with Gasteiger partial charge in [-0.05, 0) is 77.0 Å². The molecule has 0 aromatic rings. The summed E-state index contributed by atoms with van der Waals surface area (Å²) in [5, 5.41) is 9.81. The first-order valence-electron chi connectivity index (χ1n) is 30.5. The van der Waals surface area contributed by atoms with Crippen molar-refractivity contribution < 1.29 is 52.2 Å². The summed E-state index contributed by atoms with van der Waals surface area (Å²) >= 11 is 0. The maximum Gasteiger partial charge on any atom is 0.472 e. The van der Waals surface area contributed by atoms with E-state index in [4.69, 9.17) is 23.3 Å². The van der Waals surface area contributed by atoms with Gasteiger partial charge in [0.2, 0.25) is 0 Å². The summed E-state index contributed by atoms with van der Waals surface area (Å²) in [6.07, 6.45) is 60.7. The lowest BCUT2D eigenvalue weighted by molar-refractivity contribution is -0.161. The van der Waals surface area contributed by atoms with E-state index in [2.05, 4.69) is 69.4 Å². The average Bonchev–Trinajstić information content (AvgIpc) is 3.39. The van der Waals surface area contributed by atoms with Crippen LogP contribution in [0.3, 0.4) is 0 Å². The molecule has 0 aliphatic rings. The van der Waals surface area contributed by atoms with Gasteiger partial charge in [-0.2, -0.15) is 0 Å². The third-order valence-electron chi connectivity index (χ3n) is 13.2. The molecule has 3 atom stereocenters. The number of hydrogen-bond acceptors (Lipinski definition) is 10. The van der Waals surface area contributed by atoms with Crippen molar-refractivity contribution in [1.82, 2.24) is 0 Å². The summed E-state index contributed by atoms with van der Waals surface area (Å²) in [6, 6.07) is 0. The van der Waals surface area contributed by atoms with Gasteiger partial charge in [0.25, 0.3) is 0 Å². The van der Waals surface area contributed by atoms with Crippen LogP contribution >= 0.6 is 7.82 Å². The van der Waals surface area contributed by atoms with Gasteiger partial charge in [0.15, 0.2) is 6.10 Å². The fourth-order valence-corrected chi connectivity index (χ4v) is 9.39. The van der Waals surface area contributed by atoms with E-state index in [0.29, 0.717) is 19.3 Å². The molecule has 74 heavy (non-hydrogen) atoms. The van der Waals surface area contributed by atoms with Gasteiger partial charge in [0.05, 0.1) is 19.8 Å². The predicted octanol–water partition coefficient (Wildman–Crippen LogP) is 18.1. The summed E-state index contributed by atoms with van der Waals surface area (Å²) in [7, 11) is -4.75. The predicted molar refractivity (Wildman–Crippen MR) is 307 cm³/mol. The van der Waals surface area contributed by atoms with Gasteiger partial charge in [-0.15, -0.1) is 0 Å². The van der Waals surface area contributed by atoms with E-state index >= 15 is 0 Å². The van der Waals surface area contributed by atoms with E-state index < -0.39 is 57.8 Å². The van der Waals surface area contributed by atoms with Crippen LogP contribution in [-0.2, 0) is 42.2 Å². The Morgan fingerprint density at radius 3 is 1.11 bits per heavy atom. The molecule has 2 N–H and O–H groups in total. The molecule has 11 nitrogen and oxygen atoms in total. The Morgan fingerprint density at radius 1 is 0.392 bits per heavy atom. The Balaban J connectivity index is 4.69. The van der Waals surface area contributed by atoms with Crippen molar-refractivity contribution in [2.24, 2.45) is 0 Å². The normalized spacial score (nSPS) is 13.6. The van der Waals surface area contributed by atoms with Crippen LogP contribution in [0.15, 0.2) is 48.6 Å². The van der Waals surface area contributed by atoms with Crippen molar-refractivity contribution in [3.63, 3.8) is 0 Å². The van der Waals surface area contributed by atoms with Crippen LogP contribution in [-0.4, -0.2) is 66.5 Å². The Bertz CT molecular complexity index is 1430. The summed E-state index contributed by atoms with van der Waals surface area (Å²) < 4.78 is 39.6. The van der Waals surface area contributed by atoms with Gasteiger partial charge in [-0.25, -0.2) is 4.57 Å². The smallest absolute Gasteiger partial charge is 0.462 e. The largest absolute Gasteiger partial charge is 0.472 e. The standard InChI is InChI=1S/C62H113O11P/c1-4-7-10-13-16-19-22-25-27-28-29-30-32-34-36-39-42-45-48-51-60(64)69-55-59(73-62(66)53-50-47-44-41-38-35-31-26-23-20-17-14-11-8-5-2)57-71-74(67,68)70-56-58(54-63)72-61(65)52-49-46-43-40-37-33-24-21-18-15-12-9-6-3/h8,11,17,20-21,24,26,31,58-59,63H,4-7,9-10,12-16,18-19,22-23,25,27-30,32-57H2,1-3H3,(H,67,68)/b11-8-,20-17-,24-21-,31-26-. The summed E-state index contributed by atoms with van der Waals surface area (Å²) in [6.45, 7) is 4.53. The number of phosphoric acid groups is 1. The molecule has 12 heteroatoms. The van der Waals surface area contributed by atoms with Gasteiger partial charge < -0.3 is 24.2 Å². The molecular formula is C62H113O11P. The van der Waals surface area contributed by atoms with Crippen molar-refractivity contribution in [1.29, 1.82) is 0 Å². The van der Waals surface area contributed by atoms with Crippen LogP contribution in [0.25, 0.3) is 0 Å². The number of phosphoric ester groups is 1. The highest BCUT2D eigenvalue weighted by molar-refractivity contribution is 7.47. The van der Waals surface area contributed by atoms with Crippen LogP contribution in [0.4, 0.5) is 0 Å².